The van der Waals surface area contributed by atoms with Gasteiger partial charge < -0.3 is 10.3 Å². The lowest BCUT2D eigenvalue weighted by atomic mass is 10.2. The van der Waals surface area contributed by atoms with Gasteiger partial charge in [-0.1, -0.05) is 24.3 Å². The second kappa shape index (κ2) is 7.10. The van der Waals surface area contributed by atoms with Crippen molar-refractivity contribution < 1.29 is 13.2 Å². The molecule has 0 radical (unpaired) electrons. The summed E-state index contributed by atoms with van der Waals surface area (Å²) in [6.45, 7) is 0. The number of thiazole rings is 1. The van der Waals surface area contributed by atoms with E-state index in [0.29, 0.717) is 22.1 Å². The number of para-hydroxylation sites is 1. The Morgan fingerprint density at radius 3 is 2.64 bits per heavy atom. The van der Waals surface area contributed by atoms with Crippen molar-refractivity contribution in [2.24, 2.45) is 0 Å². The van der Waals surface area contributed by atoms with Gasteiger partial charge in [0.1, 0.15) is 10.7 Å². The van der Waals surface area contributed by atoms with Crippen molar-refractivity contribution in [3.63, 3.8) is 0 Å². The lowest BCUT2D eigenvalue weighted by molar-refractivity contribution is 0.102. The van der Waals surface area contributed by atoms with Crippen molar-refractivity contribution in [3.05, 3.63) is 65.7 Å². The highest BCUT2D eigenvalue weighted by Gasteiger charge is 2.14. The van der Waals surface area contributed by atoms with Crippen LogP contribution in [-0.4, -0.2) is 30.5 Å². The van der Waals surface area contributed by atoms with Gasteiger partial charge in [0.15, 0.2) is 0 Å². The Hall–Kier alpha value is -3.17. The topological polar surface area (TPSA) is 104 Å². The Bertz CT molecular complexity index is 1240. The number of anilines is 2. The number of amides is 1. The average molecular weight is 412 g/mol. The van der Waals surface area contributed by atoms with E-state index in [1.54, 1.807) is 29.6 Å². The number of carbonyl (C=O) groups excluding carboxylic acids is 1. The van der Waals surface area contributed by atoms with Crippen LogP contribution in [0, 0.1) is 0 Å². The molecule has 4 aromatic rings. The van der Waals surface area contributed by atoms with Gasteiger partial charge in [-0.25, -0.2) is 13.4 Å². The van der Waals surface area contributed by atoms with E-state index in [2.05, 4.69) is 20.0 Å². The summed E-state index contributed by atoms with van der Waals surface area (Å²) in [5, 5.41) is 6.22. The molecule has 0 bridgehead atoms. The number of carbonyl (C=O) groups is 1. The van der Waals surface area contributed by atoms with Crippen LogP contribution in [0.3, 0.4) is 0 Å². The summed E-state index contributed by atoms with van der Waals surface area (Å²) in [7, 11) is -3.39. The number of hydrogen-bond acceptors (Lipinski definition) is 5. The number of sulfonamides is 1. The highest BCUT2D eigenvalue weighted by Crippen LogP contribution is 2.27. The molecular formula is C19H16N4O3S2. The molecule has 0 aliphatic carbocycles. The molecule has 2 heterocycles. The van der Waals surface area contributed by atoms with Crippen molar-refractivity contribution >= 4 is 49.5 Å². The van der Waals surface area contributed by atoms with Crippen LogP contribution in [-0.2, 0) is 10.0 Å². The van der Waals surface area contributed by atoms with Crippen LogP contribution in [0.15, 0.2) is 60.0 Å². The number of aromatic nitrogens is 2. The second-order valence-corrected chi connectivity index (χ2v) is 8.82. The molecule has 0 fully saturated rings. The molecule has 0 unspecified atom stereocenters. The Morgan fingerprint density at radius 1 is 1.07 bits per heavy atom. The fourth-order valence-corrected chi connectivity index (χ4v) is 4.09. The predicted molar refractivity (Wildman–Crippen MR) is 112 cm³/mol. The number of benzene rings is 2. The highest BCUT2D eigenvalue weighted by molar-refractivity contribution is 7.92. The lowest BCUT2D eigenvalue weighted by Crippen LogP contribution is -2.13. The summed E-state index contributed by atoms with van der Waals surface area (Å²) in [6, 6.07) is 16.4. The van der Waals surface area contributed by atoms with Gasteiger partial charge in [-0.2, -0.15) is 0 Å². The fourth-order valence-electron chi connectivity index (χ4n) is 2.76. The maximum atomic E-state index is 12.5. The summed E-state index contributed by atoms with van der Waals surface area (Å²) in [4.78, 5) is 20.2. The van der Waals surface area contributed by atoms with Crippen LogP contribution in [0.25, 0.3) is 21.6 Å². The summed E-state index contributed by atoms with van der Waals surface area (Å²) < 4.78 is 25.1. The van der Waals surface area contributed by atoms with Gasteiger partial charge in [0.25, 0.3) is 5.91 Å². The van der Waals surface area contributed by atoms with E-state index < -0.39 is 10.0 Å². The third-order valence-electron chi connectivity index (χ3n) is 3.92. The number of aromatic amines is 1. The number of hydrogen-bond donors (Lipinski definition) is 3. The molecule has 142 valence electrons. The van der Waals surface area contributed by atoms with Gasteiger partial charge in [-0.05, 0) is 30.3 Å². The molecule has 7 nitrogen and oxygen atoms in total. The van der Waals surface area contributed by atoms with Crippen LogP contribution in [0.5, 0.6) is 0 Å². The van der Waals surface area contributed by atoms with Crippen LogP contribution in [0.1, 0.15) is 10.5 Å². The first kappa shape index (κ1) is 18.2. The third-order valence-corrected chi connectivity index (χ3v) is 5.40. The van der Waals surface area contributed by atoms with Crippen LogP contribution < -0.4 is 10.0 Å². The molecule has 4 rings (SSSR count). The molecule has 0 aliphatic rings. The van der Waals surface area contributed by atoms with E-state index >= 15 is 0 Å². The molecule has 28 heavy (non-hydrogen) atoms. The summed E-state index contributed by atoms with van der Waals surface area (Å²) in [5.41, 5.74) is 3.00. The van der Waals surface area contributed by atoms with Gasteiger partial charge in [0.05, 0.1) is 17.6 Å². The number of nitrogens with zero attached hydrogens (tertiary/aromatic N) is 1. The first-order chi connectivity index (χ1) is 13.4. The average Bonchev–Trinajstić information content (AvgIpc) is 3.27. The quantitative estimate of drug-likeness (QED) is 0.462. The third kappa shape index (κ3) is 4.05. The smallest absolute Gasteiger partial charge is 0.275 e. The summed E-state index contributed by atoms with van der Waals surface area (Å²) in [5.74, 6) is -0.366. The van der Waals surface area contributed by atoms with E-state index in [9.17, 15) is 13.2 Å². The summed E-state index contributed by atoms with van der Waals surface area (Å²) in [6.07, 6.45) is 1.07. The maximum absolute atomic E-state index is 12.5. The molecule has 9 heteroatoms. The van der Waals surface area contributed by atoms with Gasteiger partial charge in [-0.3, -0.25) is 9.52 Å². The molecule has 1 amide bonds. The minimum atomic E-state index is -3.39. The van der Waals surface area contributed by atoms with Gasteiger partial charge in [0.2, 0.25) is 10.0 Å². The normalized spacial score (nSPS) is 11.5. The Balaban J connectivity index is 1.53. The molecule has 0 spiro atoms. The summed E-state index contributed by atoms with van der Waals surface area (Å²) >= 11 is 1.37. The molecule has 2 aromatic carbocycles. The van der Waals surface area contributed by atoms with Crippen LogP contribution in [0.2, 0.25) is 0 Å². The number of fused-ring (bicyclic) bond motifs is 1. The molecular weight excluding hydrogens is 396 g/mol. The first-order valence-electron chi connectivity index (χ1n) is 8.30. The molecule has 0 aliphatic heterocycles. The Morgan fingerprint density at radius 2 is 1.86 bits per heavy atom. The SMILES string of the molecule is CS(=O)(=O)Nc1cccc(NC(=O)c2csc(-c3cc4ccccc4[nH]3)n2)c1. The van der Waals surface area contributed by atoms with Crippen molar-refractivity contribution in [1.29, 1.82) is 0 Å². The predicted octanol–water partition coefficient (Wildman–Crippen LogP) is 3.92. The van der Waals surface area contributed by atoms with Gasteiger partial charge in [0, 0.05) is 22.0 Å². The van der Waals surface area contributed by atoms with Crippen LogP contribution >= 0.6 is 11.3 Å². The van der Waals surface area contributed by atoms with Crippen molar-refractivity contribution in [2.75, 3.05) is 16.3 Å². The van der Waals surface area contributed by atoms with E-state index in [-0.39, 0.29) is 5.91 Å². The molecule has 2 aromatic heterocycles. The minimum Gasteiger partial charge on any atom is -0.353 e. The Labute approximate surface area is 165 Å². The van der Waals surface area contributed by atoms with E-state index in [0.717, 1.165) is 22.9 Å². The minimum absolute atomic E-state index is 0.292. The number of nitrogens with one attached hydrogen (secondary N) is 3. The highest BCUT2D eigenvalue weighted by atomic mass is 32.2. The zero-order chi connectivity index (χ0) is 19.7. The van der Waals surface area contributed by atoms with Gasteiger partial charge >= 0.3 is 0 Å². The molecule has 0 saturated heterocycles. The van der Waals surface area contributed by atoms with Crippen molar-refractivity contribution in [2.45, 2.75) is 0 Å². The zero-order valence-corrected chi connectivity index (χ0v) is 16.4. The second-order valence-electron chi connectivity index (χ2n) is 6.22. The monoisotopic (exact) mass is 412 g/mol. The van der Waals surface area contributed by atoms with E-state index in [1.807, 2.05) is 30.3 Å². The molecule has 3 N–H and O–H groups in total. The van der Waals surface area contributed by atoms with Gasteiger partial charge in [-0.15, -0.1) is 11.3 Å². The first-order valence-corrected chi connectivity index (χ1v) is 11.1. The lowest BCUT2D eigenvalue weighted by Gasteiger charge is -2.07. The van der Waals surface area contributed by atoms with Crippen molar-refractivity contribution in [3.8, 4) is 10.7 Å². The van der Waals surface area contributed by atoms with E-state index in [1.165, 1.54) is 11.3 Å². The van der Waals surface area contributed by atoms with E-state index in [4.69, 9.17) is 0 Å². The zero-order valence-electron chi connectivity index (χ0n) is 14.8. The maximum Gasteiger partial charge on any atom is 0.275 e. The molecule has 0 saturated carbocycles. The fraction of sp³-hybridized carbons (Fsp3) is 0.0526. The standard InChI is InChI=1S/C19H16N4O3S2/c1-28(25,26)23-14-7-4-6-13(10-14)20-18(24)17-11-27-19(22-17)16-9-12-5-2-3-8-15(12)21-16/h2-11,21,23H,1H3,(H,20,24). The van der Waals surface area contributed by atoms with Crippen molar-refractivity contribution in [1.82, 2.24) is 9.97 Å². The largest absolute Gasteiger partial charge is 0.353 e. The molecule has 0 atom stereocenters. The number of H-pyrrole nitrogens is 1. The van der Waals surface area contributed by atoms with Crippen LogP contribution in [0.4, 0.5) is 11.4 Å². The Kier molecular flexibility index (Phi) is 4.62. The number of rotatable bonds is 5.